The summed E-state index contributed by atoms with van der Waals surface area (Å²) in [4.78, 5) is 49.3. The number of rotatable bonds is 3. The Morgan fingerprint density at radius 3 is 2.56 bits per heavy atom. The molecule has 0 radical (unpaired) electrons. The molecule has 0 N–H and O–H groups in total. The van der Waals surface area contributed by atoms with Gasteiger partial charge in [-0.2, -0.15) is 0 Å². The van der Waals surface area contributed by atoms with E-state index in [0.29, 0.717) is 19.3 Å². The van der Waals surface area contributed by atoms with Crippen LogP contribution >= 0.6 is 0 Å². The summed E-state index contributed by atoms with van der Waals surface area (Å²) in [5.74, 6) is -0.153. The quantitative estimate of drug-likeness (QED) is 0.371. The molecule has 1 spiro atoms. The second kappa shape index (κ2) is 7.10. The predicted molar refractivity (Wildman–Crippen MR) is 118 cm³/mol. The Morgan fingerprint density at radius 1 is 1.09 bits per heavy atom. The van der Waals surface area contributed by atoms with E-state index in [2.05, 4.69) is 19.9 Å². The molecule has 0 bridgehead atoms. The molecule has 2 saturated carbocycles. The molecule has 5 aliphatic rings. The molecule has 0 aromatic heterocycles. The van der Waals surface area contributed by atoms with Crippen LogP contribution in [0.5, 0.6) is 0 Å². The molecule has 4 aliphatic carbocycles. The zero-order valence-electron chi connectivity index (χ0n) is 19.2. The first-order valence-corrected chi connectivity index (χ1v) is 12.0. The Labute approximate surface area is 189 Å². The van der Waals surface area contributed by atoms with Crippen molar-refractivity contribution in [1.82, 2.24) is 0 Å². The summed E-state index contributed by atoms with van der Waals surface area (Å²) in [6.45, 7) is 5.93. The Balaban J connectivity index is 1.61. The molecular formula is C27H32O5. The van der Waals surface area contributed by atoms with Crippen LogP contribution in [0.4, 0.5) is 0 Å². The van der Waals surface area contributed by atoms with Gasteiger partial charge in [-0.05, 0) is 75.5 Å². The summed E-state index contributed by atoms with van der Waals surface area (Å²) in [6, 6.07) is 0. The van der Waals surface area contributed by atoms with Gasteiger partial charge in [-0.3, -0.25) is 19.2 Å². The number of ketones is 3. The summed E-state index contributed by atoms with van der Waals surface area (Å²) in [6.07, 6.45) is 12.6. The minimum atomic E-state index is -0.431. The van der Waals surface area contributed by atoms with Crippen LogP contribution in [0.3, 0.4) is 0 Å². The van der Waals surface area contributed by atoms with Gasteiger partial charge < -0.3 is 4.74 Å². The fraction of sp³-hybridized carbons (Fsp3) is 0.630. The maximum Gasteiger partial charge on any atom is 0.306 e. The van der Waals surface area contributed by atoms with Crippen molar-refractivity contribution in [2.75, 3.05) is 0 Å². The first-order chi connectivity index (χ1) is 15.1. The number of hydrogen-bond donors (Lipinski definition) is 0. The highest BCUT2D eigenvalue weighted by atomic mass is 16.6. The summed E-state index contributed by atoms with van der Waals surface area (Å²) in [5, 5.41) is 0. The highest BCUT2D eigenvalue weighted by Crippen LogP contribution is 2.69. The lowest BCUT2D eigenvalue weighted by Gasteiger charge is -2.56. The van der Waals surface area contributed by atoms with Crippen molar-refractivity contribution in [1.29, 1.82) is 0 Å². The van der Waals surface area contributed by atoms with E-state index < -0.39 is 5.60 Å². The fourth-order valence-electron chi connectivity index (χ4n) is 7.75. The molecule has 5 rings (SSSR count). The van der Waals surface area contributed by atoms with E-state index in [9.17, 15) is 19.2 Å². The van der Waals surface area contributed by atoms with Gasteiger partial charge in [0.15, 0.2) is 17.3 Å². The van der Waals surface area contributed by atoms with Crippen LogP contribution in [0.15, 0.2) is 35.5 Å². The SMILES string of the molecule is CC(=O)/C=C\C(=O)[C@@H]1CC2=CC(=O)CC[C@]2(C)C2=CC[C@@]3(C)[C@@H](CC[C@@]34CCC(=O)O4)C21. The number of fused-ring (bicyclic) bond motifs is 6. The van der Waals surface area contributed by atoms with Crippen LogP contribution in [0.25, 0.3) is 0 Å². The van der Waals surface area contributed by atoms with Crippen LogP contribution in [-0.4, -0.2) is 28.9 Å². The van der Waals surface area contributed by atoms with E-state index in [1.54, 1.807) is 6.08 Å². The average Bonchev–Trinajstić information content (AvgIpc) is 3.26. The Morgan fingerprint density at radius 2 is 1.88 bits per heavy atom. The largest absolute Gasteiger partial charge is 0.458 e. The highest BCUT2D eigenvalue weighted by molar-refractivity contribution is 6.00. The maximum atomic E-state index is 13.4. The van der Waals surface area contributed by atoms with Crippen molar-refractivity contribution in [2.45, 2.75) is 77.7 Å². The zero-order chi connectivity index (χ0) is 22.9. The second-order valence-electron chi connectivity index (χ2n) is 11.0. The van der Waals surface area contributed by atoms with Gasteiger partial charge in [-0.25, -0.2) is 0 Å². The van der Waals surface area contributed by atoms with Gasteiger partial charge in [0.05, 0.1) is 0 Å². The number of esters is 1. The summed E-state index contributed by atoms with van der Waals surface area (Å²) >= 11 is 0. The highest BCUT2D eigenvalue weighted by Gasteiger charge is 2.67. The first-order valence-electron chi connectivity index (χ1n) is 12.0. The Hall–Kier alpha value is -2.30. The monoisotopic (exact) mass is 436 g/mol. The molecule has 0 aromatic carbocycles. The van der Waals surface area contributed by atoms with Crippen molar-refractivity contribution < 1.29 is 23.9 Å². The molecule has 5 heteroatoms. The molecule has 5 nitrogen and oxygen atoms in total. The lowest BCUT2D eigenvalue weighted by molar-refractivity contribution is -0.161. The van der Waals surface area contributed by atoms with Gasteiger partial charge in [0.2, 0.25) is 0 Å². The summed E-state index contributed by atoms with van der Waals surface area (Å²) < 4.78 is 6.01. The third-order valence-corrected chi connectivity index (χ3v) is 9.57. The van der Waals surface area contributed by atoms with Gasteiger partial charge in [0.25, 0.3) is 0 Å². The van der Waals surface area contributed by atoms with E-state index in [-0.39, 0.29) is 51.9 Å². The van der Waals surface area contributed by atoms with Crippen molar-refractivity contribution in [3.63, 3.8) is 0 Å². The average molecular weight is 437 g/mol. The fourth-order valence-corrected chi connectivity index (χ4v) is 7.75. The molecule has 3 fully saturated rings. The van der Waals surface area contributed by atoms with Crippen LogP contribution in [0.1, 0.15) is 72.1 Å². The molecule has 6 atom stereocenters. The molecule has 32 heavy (non-hydrogen) atoms. The van der Waals surface area contributed by atoms with E-state index in [4.69, 9.17) is 4.74 Å². The Kier molecular flexibility index (Phi) is 4.78. The number of carbonyl (C=O) groups is 4. The third kappa shape index (κ3) is 2.89. The van der Waals surface area contributed by atoms with E-state index >= 15 is 0 Å². The van der Waals surface area contributed by atoms with Crippen LogP contribution in [-0.2, 0) is 23.9 Å². The third-order valence-electron chi connectivity index (χ3n) is 9.57. The molecule has 1 unspecified atom stereocenters. The molecule has 1 saturated heterocycles. The van der Waals surface area contributed by atoms with Crippen molar-refractivity contribution in [3.05, 3.63) is 35.5 Å². The number of hydrogen-bond acceptors (Lipinski definition) is 5. The summed E-state index contributed by atoms with van der Waals surface area (Å²) in [5.41, 5.74) is 1.54. The minimum absolute atomic E-state index is 0.0364. The van der Waals surface area contributed by atoms with Gasteiger partial charge >= 0.3 is 5.97 Å². The van der Waals surface area contributed by atoms with Gasteiger partial charge in [0.1, 0.15) is 5.60 Å². The molecule has 1 heterocycles. The zero-order valence-corrected chi connectivity index (χ0v) is 19.2. The molecular weight excluding hydrogens is 404 g/mol. The first kappa shape index (κ1) is 21.5. The molecule has 0 aromatic rings. The number of allylic oxidation sites excluding steroid dienone is 6. The Bertz CT molecular complexity index is 1020. The standard InChI is InChI=1S/C27H32O5/c1-16(28)4-5-22(30)19-15-17-14-18(29)6-10-25(17,2)20-7-11-26(3)21(24(19)20)8-12-27(26)13-9-23(31)32-27/h4-5,7,14,19,21,24H,6,8-13,15H2,1-3H3/b5-4-/t19-,21-,24?,25-,26-,27+/m0/s1. The van der Waals surface area contributed by atoms with Crippen LogP contribution < -0.4 is 0 Å². The van der Waals surface area contributed by atoms with Gasteiger partial charge in [-0.15, -0.1) is 0 Å². The van der Waals surface area contributed by atoms with Crippen molar-refractivity contribution in [2.24, 2.45) is 28.6 Å². The molecule has 170 valence electrons. The lowest BCUT2D eigenvalue weighted by Crippen LogP contribution is -2.53. The predicted octanol–water partition coefficient (Wildman–Crippen LogP) is 4.45. The maximum absolute atomic E-state index is 13.4. The topological polar surface area (TPSA) is 77.5 Å². The van der Waals surface area contributed by atoms with E-state index in [0.717, 1.165) is 37.7 Å². The van der Waals surface area contributed by atoms with E-state index in [1.165, 1.54) is 24.6 Å². The molecule has 1 aliphatic heterocycles. The van der Waals surface area contributed by atoms with Gasteiger partial charge in [-0.1, -0.05) is 31.1 Å². The van der Waals surface area contributed by atoms with Crippen molar-refractivity contribution in [3.8, 4) is 0 Å². The second-order valence-corrected chi connectivity index (χ2v) is 11.0. The summed E-state index contributed by atoms with van der Waals surface area (Å²) in [7, 11) is 0. The van der Waals surface area contributed by atoms with E-state index in [1.807, 2.05) is 0 Å². The normalized spacial score (nSPS) is 42.8. The van der Waals surface area contributed by atoms with Crippen LogP contribution in [0, 0.1) is 28.6 Å². The molecule has 0 amide bonds. The smallest absolute Gasteiger partial charge is 0.306 e. The van der Waals surface area contributed by atoms with Crippen LogP contribution in [0.2, 0.25) is 0 Å². The lowest BCUT2D eigenvalue weighted by atomic mass is 9.47. The van der Waals surface area contributed by atoms with Crippen molar-refractivity contribution >= 4 is 23.3 Å². The minimum Gasteiger partial charge on any atom is -0.458 e. The van der Waals surface area contributed by atoms with Gasteiger partial charge in [0, 0.05) is 29.6 Å². The number of carbonyl (C=O) groups excluding carboxylic acids is 4. The number of ether oxygens (including phenoxy) is 1.